The van der Waals surface area contributed by atoms with E-state index in [-0.39, 0.29) is 37.2 Å². The van der Waals surface area contributed by atoms with Gasteiger partial charge in [-0.15, -0.1) is 0 Å². The molecule has 1 N–H and O–H groups in total. The number of aromatic nitrogens is 2. The quantitative estimate of drug-likeness (QED) is 0.814. The molecule has 0 aliphatic carbocycles. The van der Waals surface area contributed by atoms with Crippen LogP contribution in [0.25, 0.3) is 0 Å². The molecule has 2 heterocycles. The van der Waals surface area contributed by atoms with Gasteiger partial charge in [0, 0.05) is 19.9 Å². The van der Waals surface area contributed by atoms with Gasteiger partial charge >= 0.3 is 0 Å². The first-order chi connectivity index (χ1) is 11.1. The summed E-state index contributed by atoms with van der Waals surface area (Å²) in [6.07, 6.45) is 0.0162. The van der Waals surface area contributed by atoms with Crippen LogP contribution in [0.5, 0.6) is 0 Å². The molecule has 0 unspecified atom stereocenters. The summed E-state index contributed by atoms with van der Waals surface area (Å²) in [6, 6.07) is 6.61. The monoisotopic (exact) mass is 314 g/mol. The van der Waals surface area contributed by atoms with Gasteiger partial charge in [0.1, 0.15) is 0 Å². The summed E-state index contributed by atoms with van der Waals surface area (Å²) in [5.41, 5.74) is 0.750. The van der Waals surface area contributed by atoms with Crippen LogP contribution in [-0.2, 0) is 11.3 Å². The molecule has 0 spiro atoms. The zero-order valence-corrected chi connectivity index (χ0v) is 12.4. The highest BCUT2D eigenvalue weighted by Crippen LogP contribution is 2.22. The molecule has 0 bridgehead atoms. The van der Waals surface area contributed by atoms with Crippen molar-refractivity contribution < 1.29 is 18.9 Å². The lowest BCUT2D eigenvalue weighted by molar-refractivity contribution is -0.121. The largest absolute Gasteiger partial charge is 0.349 e. The molecule has 118 valence electrons. The molecule has 0 atom stereocenters. The highest BCUT2D eigenvalue weighted by molar-refractivity contribution is 6.21. The van der Waals surface area contributed by atoms with E-state index in [1.807, 2.05) is 0 Å². The van der Waals surface area contributed by atoms with Crippen LogP contribution in [-0.4, -0.2) is 39.3 Å². The van der Waals surface area contributed by atoms with E-state index in [4.69, 9.17) is 4.52 Å². The minimum atomic E-state index is -0.368. The smallest absolute Gasteiger partial charge is 0.261 e. The van der Waals surface area contributed by atoms with Crippen LogP contribution in [0.15, 0.2) is 28.8 Å². The van der Waals surface area contributed by atoms with Gasteiger partial charge in [0.25, 0.3) is 11.8 Å². The molecule has 1 aromatic carbocycles. The van der Waals surface area contributed by atoms with Gasteiger partial charge in [-0.3, -0.25) is 19.3 Å². The van der Waals surface area contributed by atoms with Gasteiger partial charge < -0.3 is 9.84 Å². The Balaban J connectivity index is 1.54. The number of carbonyl (C=O) groups is 3. The third-order valence-corrected chi connectivity index (χ3v) is 3.45. The molecule has 3 amide bonds. The van der Waals surface area contributed by atoms with E-state index in [0.717, 1.165) is 4.90 Å². The van der Waals surface area contributed by atoms with Crippen LogP contribution >= 0.6 is 0 Å². The molecule has 0 saturated heterocycles. The first-order valence-electron chi connectivity index (χ1n) is 7.07. The average molecular weight is 314 g/mol. The van der Waals surface area contributed by atoms with Crippen LogP contribution in [0.4, 0.5) is 0 Å². The summed E-state index contributed by atoms with van der Waals surface area (Å²) in [5.74, 6) is -0.250. The second-order valence-electron chi connectivity index (χ2n) is 5.06. The molecule has 8 heteroatoms. The third kappa shape index (κ3) is 2.96. The van der Waals surface area contributed by atoms with E-state index >= 15 is 0 Å². The van der Waals surface area contributed by atoms with Crippen molar-refractivity contribution in [3.63, 3.8) is 0 Å². The molecule has 1 aromatic heterocycles. The van der Waals surface area contributed by atoms with Crippen molar-refractivity contribution in [2.24, 2.45) is 0 Å². The summed E-state index contributed by atoms with van der Waals surface area (Å²) in [6.45, 7) is 1.82. The molecule has 0 radical (unpaired) electrons. The summed E-state index contributed by atoms with van der Waals surface area (Å²) in [4.78, 5) is 41.2. The fraction of sp³-hybridized carbons (Fsp3) is 0.267. The number of fused-ring (bicyclic) bond motifs is 1. The van der Waals surface area contributed by atoms with Gasteiger partial charge in [0.2, 0.25) is 11.8 Å². The Kier molecular flexibility index (Phi) is 3.88. The molecular weight excluding hydrogens is 300 g/mol. The predicted molar refractivity (Wildman–Crippen MR) is 77.3 cm³/mol. The van der Waals surface area contributed by atoms with Crippen molar-refractivity contribution >= 4 is 17.7 Å². The summed E-state index contributed by atoms with van der Waals surface area (Å²) in [5, 5.41) is 6.27. The molecule has 1 aliphatic rings. The number of imide groups is 1. The van der Waals surface area contributed by atoms with Crippen molar-refractivity contribution in [3.05, 3.63) is 47.1 Å². The SMILES string of the molecule is Cc1nc(CNC(=O)CCN2C(=O)c3ccccc3C2=O)no1. The average Bonchev–Trinajstić information content (AvgIpc) is 3.07. The Bertz CT molecular complexity index is 748. The second-order valence-corrected chi connectivity index (χ2v) is 5.06. The van der Waals surface area contributed by atoms with Crippen LogP contribution in [0, 0.1) is 6.92 Å². The molecule has 8 nitrogen and oxygen atoms in total. The first-order valence-corrected chi connectivity index (χ1v) is 7.07. The molecular formula is C15H14N4O4. The zero-order chi connectivity index (χ0) is 16.4. The third-order valence-electron chi connectivity index (χ3n) is 3.45. The molecule has 3 rings (SSSR count). The number of benzene rings is 1. The number of amides is 3. The van der Waals surface area contributed by atoms with E-state index in [1.165, 1.54) is 0 Å². The van der Waals surface area contributed by atoms with Gasteiger partial charge in [-0.05, 0) is 12.1 Å². The molecule has 0 saturated carbocycles. The van der Waals surface area contributed by atoms with Crippen LogP contribution in [0.1, 0.15) is 38.9 Å². The van der Waals surface area contributed by atoms with Gasteiger partial charge in [-0.1, -0.05) is 17.3 Å². The maximum absolute atomic E-state index is 12.1. The van der Waals surface area contributed by atoms with E-state index in [9.17, 15) is 14.4 Å². The number of nitrogens with one attached hydrogen (secondary N) is 1. The Morgan fingerprint density at radius 1 is 1.22 bits per heavy atom. The number of aryl methyl sites for hydroxylation is 1. The minimum Gasteiger partial charge on any atom is -0.349 e. The molecule has 23 heavy (non-hydrogen) atoms. The van der Waals surface area contributed by atoms with E-state index in [1.54, 1.807) is 31.2 Å². The van der Waals surface area contributed by atoms with E-state index in [2.05, 4.69) is 15.5 Å². The Morgan fingerprint density at radius 2 is 1.87 bits per heavy atom. The van der Waals surface area contributed by atoms with Gasteiger partial charge in [0.15, 0.2) is 5.82 Å². The van der Waals surface area contributed by atoms with Gasteiger partial charge in [-0.2, -0.15) is 4.98 Å². The lowest BCUT2D eigenvalue weighted by atomic mass is 10.1. The second kappa shape index (κ2) is 5.99. The van der Waals surface area contributed by atoms with E-state index < -0.39 is 0 Å². The van der Waals surface area contributed by atoms with Crippen molar-refractivity contribution in [3.8, 4) is 0 Å². The number of hydrogen-bond donors (Lipinski definition) is 1. The molecule has 1 aliphatic heterocycles. The number of carbonyl (C=O) groups excluding carboxylic acids is 3. The highest BCUT2D eigenvalue weighted by atomic mass is 16.5. The Morgan fingerprint density at radius 3 is 2.43 bits per heavy atom. The fourth-order valence-electron chi connectivity index (χ4n) is 2.33. The standard InChI is InChI=1S/C15H14N4O4/c1-9-17-12(18-23-9)8-16-13(20)6-7-19-14(21)10-4-2-3-5-11(10)15(19)22/h2-5H,6-8H2,1H3,(H,16,20). The topological polar surface area (TPSA) is 105 Å². The van der Waals surface area contributed by atoms with Crippen molar-refractivity contribution in [2.45, 2.75) is 19.9 Å². The van der Waals surface area contributed by atoms with Gasteiger partial charge in [-0.25, -0.2) is 0 Å². The normalized spacial score (nSPS) is 13.3. The van der Waals surface area contributed by atoms with Crippen LogP contribution in [0.2, 0.25) is 0 Å². The van der Waals surface area contributed by atoms with Crippen molar-refractivity contribution in [1.82, 2.24) is 20.4 Å². The first kappa shape index (κ1) is 14.9. The zero-order valence-electron chi connectivity index (χ0n) is 12.4. The summed E-state index contributed by atoms with van der Waals surface area (Å²) < 4.78 is 4.79. The fourth-order valence-corrected chi connectivity index (χ4v) is 2.33. The molecule has 0 fully saturated rings. The lowest BCUT2D eigenvalue weighted by Crippen LogP contribution is -2.34. The number of nitrogens with zero attached hydrogens (tertiary/aromatic N) is 3. The number of rotatable bonds is 5. The van der Waals surface area contributed by atoms with Crippen molar-refractivity contribution in [2.75, 3.05) is 6.54 Å². The lowest BCUT2D eigenvalue weighted by Gasteiger charge is -2.13. The van der Waals surface area contributed by atoms with Crippen LogP contribution < -0.4 is 5.32 Å². The summed E-state index contributed by atoms with van der Waals surface area (Å²) >= 11 is 0. The summed E-state index contributed by atoms with van der Waals surface area (Å²) in [7, 11) is 0. The van der Waals surface area contributed by atoms with Crippen molar-refractivity contribution in [1.29, 1.82) is 0 Å². The molecule has 2 aromatic rings. The van der Waals surface area contributed by atoms with Gasteiger partial charge in [0.05, 0.1) is 17.7 Å². The number of hydrogen-bond acceptors (Lipinski definition) is 6. The van der Waals surface area contributed by atoms with E-state index in [0.29, 0.717) is 22.8 Å². The highest BCUT2D eigenvalue weighted by Gasteiger charge is 2.34. The predicted octanol–water partition coefficient (Wildman–Crippen LogP) is 0.681. The Labute approximate surface area is 131 Å². The maximum Gasteiger partial charge on any atom is 0.261 e. The van der Waals surface area contributed by atoms with Crippen LogP contribution in [0.3, 0.4) is 0 Å². The maximum atomic E-state index is 12.1. The minimum absolute atomic E-state index is 0.0162. The Hall–Kier alpha value is -3.03.